The lowest BCUT2D eigenvalue weighted by molar-refractivity contribution is 0.168. The molecule has 0 aliphatic heterocycles. The Labute approximate surface area is 140 Å². The van der Waals surface area contributed by atoms with Crippen molar-refractivity contribution in [3.05, 3.63) is 12.2 Å². The van der Waals surface area contributed by atoms with Gasteiger partial charge in [0.25, 0.3) is 0 Å². The molecule has 23 heavy (non-hydrogen) atoms. The molecule has 0 fully saturated rings. The molecule has 7 heteroatoms. The fourth-order valence-electron chi connectivity index (χ4n) is 2.23. The van der Waals surface area contributed by atoms with Crippen LogP contribution in [0.5, 0.6) is 0 Å². The fraction of sp³-hybridized carbons (Fsp3) is 0.875. The van der Waals surface area contributed by atoms with Crippen LogP contribution < -0.4 is 0 Å². The molecule has 0 saturated carbocycles. The zero-order valence-corrected chi connectivity index (χ0v) is 15.0. The monoisotopic (exact) mass is 352 g/mol. The fourth-order valence-corrected chi connectivity index (χ4v) is 2.82. The molecule has 2 N–H and O–H groups in total. The molecule has 0 aliphatic carbocycles. The second kappa shape index (κ2) is 14.6. The van der Waals surface area contributed by atoms with Crippen molar-refractivity contribution in [2.75, 3.05) is 6.61 Å². The maximum atomic E-state index is 11.1. The Morgan fingerprint density at radius 1 is 0.826 bits per heavy atom. The molecule has 0 aliphatic rings. The number of rotatable bonds is 16. The average Bonchev–Trinajstić information content (AvgIpc) is 2.50. The summed E-state index contributed by atoms with van der Waals surface area (Å²) in [6, 6.07) is 0. The number of aliphatic hydroxyl groups excluding tert-OH is 1. The first-order valence-electron chi connectivity index (χ1n) is 8.63. The van der Waals surface area contributed by atoms with Gasteiger partial charge in [0, 0.05) is 0 Å². The molecule has 0 heterocycles. The average molecular weight is 352 g/mol. The highest BCUT2D eigenvalue weighted by Gasteiger charge is 2.10. The second-order valence-corrected chi connectivity index (χ2v) is 6.94. The molecule has 138 valence electrons. The Balaban J connectivity index is 3.32. The summed E-state index contributed by atoms with van der Waals surface area (Å²) in [4.78, 5) is 0. The first kappa shape index (κ1) is 22.1. The lowest BCUT2D eigenvalue weighted by Crippen LogP contribution is -2.08. The lowest BCUT2D eigenvalue weighted by atomic mass is 10.1. The van der Waals surface area contributed by atoms with E-state index in [1.807, 2.05) is 0 Å². The SMILES string of the molecule is CCCCCCCCCCCCCCOS(=O)(=O)OC=C(O)O. The van der Waals surface area contributed by atoms with Crippen LogP contribution in [0.15, 0.2) is 12.2 Å². The molecular formula is C16H32O6S. The number of hydrogen-bond acceptors (Lipinski definition) is 6. The summed E-state index contributed by atoms with van der Waals surface area (Å²) in [6.45, 7) is 2.27. The van der Waals surface area contributed by atoms with Crippen molar-refractivity contribution in [3.8, 4) is 0 Å². The Morgan fingerprint density at radius 2 is 1.26 bits per heavy atom. The summed E-state index contributed by atoms with van der Waals surface area (Å²) in [7, 11) is -4.19. The van der Waals surface area contributed by atoms with E-state index in [0.717, 1.165) is 12.8 Å². The van der Waals surface area contributed by atoms with Gasteiger partial charge in [0.15, 0.2) is 6.26 Å². The van der Waals surface area contributed by atoms with Crippen LogP contribution in [-0.2, 0) is 18.8 Å². The van der Waals surface area contributed by atoms with E-state index in [-0.39, 0.29) is 6.61 Å². The van der Waals surface area contributed by atoms with E-state index >= 15 is 0 Å². The van der Waals surface area contributed by atoms with Crippen LogP contribution in [0.25, 0.3) is 0 Å². The number of aliphatic hydroxyl groups is 2. The van der Waals surface area contributed by atoms with E-state index in [1.54, 1.807) is 0 Å². The second-order valence-electron chi connectivity index (χ2n) is 5.69. The third-order valence-electron chi connectivity index (χ3n) is 3.50. The van der Waals surface area contributed by atoms with E-state index in [9.17, 15) is 8.42 Å². The van der Waals surface area contributed by atoms with Crippen molar-refractivity contribution in [2.45, 2.75) is 84.0 Å². The molecule has 0 radical (unpaired) electrons. The predicted molar refractivity (Wildman–Crippen MR) is 90.4 cm³/mol. The first-order chi connectivity index (χ1) is 11.0. The molecule has 0 aromatic rings. The molecule has 0 saturated heterocycles. The quantitative estimate of drug-likeness (QED) is 0.304. The van der Waals surface area contributed by atoms with Crippen molar-refractivity contribution in [3.63, 3.8) is 0 Å². The Kier molecular flexibility index (Phi) is 14.0. The maximum absolute atomic E-state index is 11.1. The summed E-state index contributed by atoms with van der Waals surface area (Å²) < 4.78 is 30.9. The van der Waals surface area contributed by atoms with Gasteiger partial charge in [-0.1, -0.05) is 77.6 Å². The summed E-state index contributed by atoms with van der Waals surface area (Å²) in [5.41, 5.74) is 0. The van der Waals surface area contributed by atoms with Gasteiger partial charge in [-0.05, 0) is 6.42 Å². The van der Waals surface area contributed by atoms with Crippen LogP contribution in [0.4, 0.5) is 0 Å². The van der Waals surface area contributed by atoms with Crippen molar-refractivity contribution < 1.29 is 27.0 Å². The Hall–Kier alpha value is -0.950. The van der Waals surface area contributed by atoms with Gasteiger partial charge < -0.3 is 14.4 Å². The van der Waals surface area contributed by atoms with E-state index in [2.05, 4.69) is 15.3 Å². The first-order valence-corrected chi connectivity index (χ1v) is 9.97. The Bertz CT molecular complexity index is 387. The van der Waals surface area contributed by atoms with Crippen molar-refractivity contribution >= 4 is 10.4 Å². The molecule has 0 bridgehead atoms. The molecule has 0 unspecified atom stereocenters. The van der Waals surface area contributed by atoms with E-state index < -0.39 is 16.3 Å². The highest BCUT2D eigenvalue weighted by molar-refractivity contribution is 7.81. The van der Waals surface area contributed by atoms with Gasteiger partial charge in [0.1, 0.15) is 0 Å². The smallest absolute Gasteiger partial charge is 0.448 e. The van der Waals surface area contributed by atoms with Gasteiger partial charge in [-0.25, -0.2) is 4.18 Å². The molecule has 0 rings (SSSR count). The summed E-state index contributed by atoms with van der Waals surface area (Å²) in [6.07, 6.45) is 14.6. The lowest BCUT2D eigenvalue weighted by Gasteiger charge is -2.04. The molecular weight excluding hydrogens is 320 g/mol. The van der Waals surface area contributed by atoms with Crippen LogP contribution in [0.2, 0.25) is 0 Å². The number of unbranched alkanes of at least 4 members (excludes halogenated alkanes) is 11. The van der Waals surface area contributed by atoms with Crippen LogP contribution in [-0.4, -0.2) is 25.2 Å². The van der Waals surface area contributed by atoms with Crippen LogP contribution in [0.1, 0.15) is 84.0 Å². The van der Waals surface area contributed by atoms with Gasteiger partial charge in [-0.3, -0.25) is 0 Å². The van der Waals surface area contributed by atoms with Gasteiger partial charge in [0.2, 0.25) is 0 Å². The predicted octanol–water partition coefficient (Wildman–Crippen LogP) is 4.88. The standard InChI is InChI=1S/C16H32O6S/c1-2-3-4-5-6-7-8-9-10-11-12-13-14-21-23(19,20)22-15-16(17)18/h15,17-18H,2-14H2,1H3. The van der Waals surface area contributed by atoms with Crippen LogP contribution >= 0.6 is 0 Å². The molecule has 0 amide bonds. The van der Waals surface area contributed by atoms with Crippen molar-refractivity contribution in [1.82, 2.24) is 0 Å². The zero-order chi connectivity index (χ0) is 17.4. The van der Waals surface area contributed by atoms with Crippen LogP contribution in [0, 0.1) is 0 Å². The molecule has 0 aromatic heterocycles. The molecule has 0 atom stereocenters. The van der Waals surface area contributed by atoms with Gasteiger partial charge >= 0.3 is 16.3 Å². The van der Waals surface area contributed by atoms with E-state index in [1.165, 1.54) is 57.8 Å². The normalized spacial score (nSPS) is 11.3. The van der Waals surface area contributed by atoms with E-state index in [0.29, 0.717) is 12.7 Å². The third-order valence-corrected chi connectivity index (χ3v) is 4.28. The maximum Gasteiger partial charge on any atom is 0.448 e. The zero-order valence-electron chi connectivity index (χ0n) is 14.2. The third kappa shape index (κ3) is 17.2. The summed E-state index contributed by atoms with van der Waals surface area (Å²) >= 11 is 0. The van der Waals surface area contributed by atoms with Gasteiger partial charge in [0.05, 0.1) is 6.61 Å². The molecule has 0 aromatic carbocycles. The molecule has 6 nitrogen and oxygen atoms in total. The summed E-state index contributed by atoms with van der Waals surface area (Å²) in [5, 5.41) is 16.7. The minimum absolute atomic E-state index is 0.0415. The van der Waals surface area contributed by atoms with Crippen molar-refractivity contribution in [2.24, 2.45) is 0 Å². The van der Waals surface area contributed by atoms with Gasteiger partial charge in [-0.15, -0.1) is 0 Å². The summed E-state index contributed by atoms with van der Waals surface area (Å²) in [5.74, 6) is -1.22. The van der Waals surface area contributed by atoms with Gasteiger partial charge in [-0.2, -0.15) is 8.42 Å². The largest absolute Gasteiger partial charge is 0.479 e. The number of hydrogen-bond donors (Lipinski definition) is 2. The van der Waals surface area contributed by atoms with Crippen LogP contribution in [0.3, 0.4) is 0 Å². The minimum atomic E-state index is -4.19. The highest BCUT2D eigenvalue weighted by atomic mass is 32.3. The highest BCUT2D eigenvalue weighted by Crippen LogP contribution is 2.12. The van der Waals surface area contributed by atoms with Crippen molar-refractivity contribution in [1.29, 1.82) is 0 Å². The topological polar surface area (TPSA) is 93.1 Å². The minimum Gasteiger partial charge on any atom is -0.479 e. The molecule has 0 spiro atoms. The Morgan fingerprint density at radius 3 is 1.70 bits per heavy atom. The van der Waals surface area contributed by atoms with E-state index in [4.69, 9.17) is 10.2 Å².